The quantitative estimate of drug-likeness (QED) is 0.821. The van der Waals surface area contributed by atoms with Crippen molar-refractivity contribution in [1.29, 1.82) is 0 Å². The lowest BCUT2D eigenvalue weighted by Gasteiger charge is -2.27. The highest BCUT2D eigenvalue weighted by molar-refractivity contribution is 5.15. The van der Waals surface area contributed by atoms with Gasteiger partial charge in [0.05, 0.1) is 11.8 Å². The molecule has 92 valence electrons. The maximum Gasteiger partial charge on any atom is 0.0718 e. The molecule has 0 atom stereocenters. The van der Waals surface area contributed by atoms with E-state index in [1.54, 1.807) is 0 Å². The summed E-state index contributed by atoms with van der Waals surface area (Å²) in [5.41, 5.74) is 1.77. The van der Waals surface area contributed by atoms with Crippen LogP contribution in [0.2, 0.25) is 0 Å². The molecular formula is C12H23N3O. The van der Waals surface area contributed by atoms with Gasteiger partial charge in [-0.2, -0.15) is 5.10 Å². The summed E-state index contributed by atoms with van der Waals surface area (Å²) in [6.45, 7) is 10.3. The van der Waals surface area contributed by atoms with Crippen LogP contribution in [-0.2, 0) is 13.6 Å². The fourth-order valence-electron chi connectivity index (χ4n) is 1.77. The van der Waals surface area contributed by atoms with Crippen LogP contribution in [0.15, 0.2) is 6.20 Å². The molecule has 1 rings (SSSR count). The summed E-state index contributed by atoms with van der Waals surface area (Å²) < 4.78 is 1.88. The number of likely N-dealkylation sites (N-methyl/N-ethyl adjacent to an activating group) is 1. The van der Waals surface area contributed by atoms with Gasteiger partial charge in [-0.05, 0) is 27.3 Å². The molecule has 0 amide bonds. The molecule has 0 aromatic carbocycles. The second-order valence-electron chi connectivity index (χ2n) is 4.99. The highest BCUT2D eigenvalue weighted by Crippen LogP contribution is 2.12. The lowest BCUT2D eigenvalue weighted by Crippen LogP contribution is -2.38. The molecule has 4 heteroatoms. The Morgan fingerprint density at radius 2 is 2.12 bits per heavy atom. The average molecular weight is 225 g/mol. The largest absolute Gasteiger partial charge is 0.389 e. The lowest BCUT2D eigenvalue weighted by atomic mass is 10.1. The monoisotopic (exact) mass is 225 g/mol. The van der Waals surface area contributed by atoms with E-state index in [1.807, 2.05) is 31.8 Å². The molecule has 1 aromatic heterocycles. The van der Waals surface area contributed by atoms with Gasteiger partial charge in [-0.1, -0.05) is 6.92 Å². The molecule has 0 spiro atoms. The Kier molecular flexibility index (Phi) is 4.10. The van der Waals surface area contributed by atoms with Crippen molar-refractivity contribution >= 4 is 0 Å². The first-order valence-electron chi connectivity index (χ1n) is 5.75. The maximum atomic E-state index is 9.81. The van der Waals surface area contributed by atoms with Crippen molar-refractivity contribution in [3.63, 3.8) is 0 Å². The van der Waals surface area contributed by atoms with Gasteiger partial charge in [-0.15, -0.1) is 0 Å². The Morgan fingerprint density at radius 1 is 1.50 bits per heavy atom. The molecule has 0 aliphatic rings. The summed E-state index contributed by atoms with van der Waals surface area (Å²) in [5, 5.41) is 14.0. The van der Waals surface area contributed by atoms with Gasteiger partial charge in [0.25, 0.3) is 0 Å². The predicted molar refractivity (Wildman–Crippen MR) is 65.2 cm³/mol. The van der Waals surface area contributed by atoms with Gasteiger partial charge in [0.2, 0.25) is 0 Å². The standard InChI is InChI=1S/C12H23N3O/c1-6-15(9-12(3,4)16)8-11-7-13-14(5)10(11)2/h7,16H,6,8-9H2,1-5H3. The topological polar surface area (TPSA) is 41.3 Å². The SMILES string of the molecule is CCN(Cc1cnn(C)c1C)CC(C)(C)O. The number of rotatable bonds is 5. The normalized spacial score (nSPS) is 12.4. The molecule has 0 aliphatic heterocycles. The maximum absolute atomic E-state index is 9.81. The van der Waals surface area contributed by atoms with Crippen molar-refractivity contribution in [2.75, 3.05) is 13.1 Å². The van der Waals surface area contributed by atoms with Crippen LogP contribution in [0.3, 0.4) is 0 Å². The number of aryl methyl sites for hydroxylation is 1. The van der Waals surface area contributed by atoms with Crippen LogP contribution in [0.4, 0.5) is 0 Å². The highest BCUT2D eigenvalue weighted by atomic mass is 16.3. The molecule has 0 bridgehead atoms. The second-order valence-corrected chi connectivity index (χ2v) is 4.99. The van der Waals surface area contributed by atoms with Crippen LogP contribution in [0.25, 0.3) is 0 Å². The van der Waals surface area contributed by atoms with Crippen molar-refractivity contribution < 1.29 is 5.11 Å². The van der Waals surface area contributed by atoms with Gasteiger partial charge in [0, 0.05) is 31.4 Å². The van der Waals surface area contributed by atoms with Crippen LogP contribution in [0.5, 0.6) is 0 Å². The minimum Gasteiger partial charge on any atom is -0.389 e. The molecule has 1 aromatic rings. The van der Waals surface area contributed by atoms with Crippen molar-refractivity contribution in [1.82, 2.24) is 14.7 Å². The van der Waals surface area contributed by atoms with E-state index in [0.717, 1.165) is 13.1 Å². The molecule has 0 radical (unpaired) electrons. The van der Waals surface area contributed by atoms with Crippen LogP contribution in [0.1, 0.15) is 32.0 Å². The first-order valence-corrected chi connectivity index (χ1v) is 5.75. The summed E-state index contributed by atoms with van der Waals surface area (Å²) >= 11 is 0. The molecule has 0 saturated heterocycles. The van der Waals surface area contributed by atoms with E-state index < -0.39 is 5.60 Å². The van der Waals surface area contributed by atoms with E-state index in [-0.39, 0.29) is 0 Å². The lowest BCUT2D eigenvalue weighted by molar-refractivity contribution is 0.0353. The number of nitrogens with zero attached hydrogens (tertiary/aromatic N) is 3. The van der Waals surface area contributed by atoms with Crippen molar-refractivity contribution in [2.24, 2.45) is 7.05 Å². The molecule has 16 heavy (non-hydrogen) atoms. The predicted octanol–water partition coefficient (Wildman–Crippen LogP) is 1.32. The summed E-state index contributed by atoms with van der Waals surface area (Å²) in [5.74, 6) is 0. The molecule has 4 nitrogen and oxygen atoms in total. The first kappa shape index (κ1) is 13.2. The van der Waals surface area contributed by atoms with E-state index in [1.165, 1.54) is 11.3 Å². The third-order valence-electron chi connectivity index (χ3n) is 2.79. The number of hydrogen-bond acceptors (Lipinski definition) is 3. The van der Waals surface area contributed by atoms with Gasteiger partial charge < -0.3 is 5.11 Å². The fraction of sp³-hybridized carbons (Fsp3) is 0.750. The van der Waals surface area contributed by atoms with Crippen molar-refractivity contribution in [3.8, 4) is 0 Å². The van der Waals surface area contributed by atoms with E-state index in [2.05, 4.69) is 23.8 Å². The molecule has 0 unspecified atom stereocenters. The number of hydrogen-bond donors (Lipinski definition) is 1. The second kappa shape index (κ2) is 4.97. The molecule has 0 fully saturated rings. The third kappa shape index (κ3) is 3.61. The first-order chi connectivity index (χ1) is 7.33. The van der Waals surface area contributed by atoms with E-state index >= 15 is 0 Å². The van der Waals surface area contributed by atoms with Crippen molar-refractivity contribution in [3.05, 3.63) is 17.5 Å². The Hall–Kier alpha value is -0.870. The summed E-state index contributed by atoms with van der Waals surface area (Å²) in [6, 6.07) is 0. The van der Waals surface area contributed by atoms with Gasteiger partial charge >= 0.3 is 0 Å². The van der Waals surface area contributed by atoms with Crippen LogP contribution in [0, 0.1) is 6.92 Å². The molecule has 1 heterocycles. The zero-order chi connectivity index (χ0) is 12.3. The van der Waals surface area contributed by atoms with Crippen molar-refractivity contribution in [2.45, 2.75) is 39.8 Å². The van der Waals surface area contributed by atoms with Crippen LogP contribution in [-0.4, -0.2) is 38.5 Å². The smallest absolute Gasteiger partial charge is 0.0718 e. The van der Waals surface area contributed by atoms with Gasteiger partial charge in [0.15, 0.2) is 0 Å². The third-order valence-corrected chi connectivity index (χ3v) is 2.79. The Balaban J connectivity index is 2.67. The summed E-state index contributed by atoms with van der Waals surface area (Å²) in [4.78, 5) is 2.23. The summed E-state index contributed by atoms with van der Waals surface area (Å²) in [6.07, 6.45) is 1.91. The Morgan fingerprint density at radius 3 is 2.50 bits per heavy atom. The van der Waals surface area contributed by atoms with Crippen LogP contribution >= 0.6 is 0 Å². The zero-order valence-corrected chi connectivity index (χ0v) is 11.0. The van der Waals surface area contributed by atoms with Gasteiger partial charge in [0.1, 0.15) is 0 Å². The highest BCUT2D eigenvalue weighted by Gasteiger charge is 2.18. The Bertz CT molecular complexity index is 339. The van der Waals surface area contributed by atoms with E-state index in [9.17, 15) is 5.11 Å². The minimum atomic E-state index is -0.647. The molecular weight excluding hydrogens is 202 g/mol. The van der Waals surface area contributed by atoms with Gasteiger partial charge in [-0.25, -0.2) is 0 Å². The summed E-state index contributed by atoms with van der Waals surface area (Å²) in [7, 11) is 1.95. The zero-order valence-electron chi connectivity index (χ0n) is 11.0. The van der Waals surface area contributed by atoms with E-state index in [4.69, 9.17) is 0 Å². The molecule has 1 N–H and O–H groups in total. The fourth-order valence-corrected chi connectivity index (χ4v) is 1.77. The van der Waals surface area contributed by atoms with Crippen LogP contribution < -0.4 is 0 Å². The average Bonchev–Trinajstić information content (AvgIpc) is 2.46. The number of aliphatic hydroxyl groups is 1. The molecule has 0 aliphatic carbocycles. The Labute approximate surface area is 97.9 Å². The van der Waals surface area contributed by atoms with Gasteiger partial charge in [-0.3, -0.25) is 9.58 Å². The molecule has 0 saturated carbocycles. The van der Waals surface area contributed by atoms with E-state index in [0.29, 0.717) is 6.54 Å². The minimum absolute atomic E-state index is 0.647. The number of aromatic nitrogens is 2.